The summed E-state index contributed by atoms with van der Waals surface area (Å²) in [5, 5.41) is 2.59. The zero-order chi connectivity index (χ0) is 18.6. The second-order valence-corrected chi connectivity index (χ2v) is 7.43. The zero-order valence-corrected chi connectivity index (χ0v) is 14.6. The first kappa shape index (κ1) is 18.1. The van der Waals surface area contributed by atoms with Gasteiger partial charge in [0.2, 0.25) is 0 Å². The molecule has 2 aromatic rings. The molecule has 1 amide bonds. The monoisotopic (exact) mass is 376 g/mol. The Morgan fingerprint density at radius 2 is 1.92 bits per heavy atom. The number of hydrogen-bond acceptors (Lipinski definition) is 4. The fourth-order valence-electron chi connectivity index (χ4n) is 2.36. The lowest BCUT2D eigenvalue weighted by atomic mass is 10.2. The molecule has 2 aromatic carbocycles. The highest BCUT2D eigenvalue weighted by atomic mass is 32.2. The van der Waals surface area contributed by atoms with Gasteiger partial charge in [0.25, 0.3) is 15.9 Å². The molecule has 0 aliphatic carbocycles. The highest BCUT2D eigenvalue weighted by molar-refractivity contribution is 7.89. The summed E-state index contributed by atoms with van der Waals surface area (Å²) >= 11 is 0. The second kappa shape index (κ2) is 7.67. The normalized spacial score (nSPS) is 15.8. The third kappa shape index (κ3) is 4.47. The average Bonchev–Trinajstić information content (AvgIpc) is 3.16. The van der Waals surface area contributed by atoms with Gasteiger partial charge in [0.15, 0.2) is 0 Å². The number of carbonyl (C=O) groups is 1. The SMILES string of the molecule is O=C(Nc1ccc(F)cc1)c1cccc(S(=O)(=O)N/C=C2\CCOC2)c1. The first-order valence-corrected chi connectivity index (χ1v) is 9.37. The van der Waals surface area contributed by atoms with Gasteiger partial charge in [-0.15, -0.1) is 0 Å². The van der Waals surface area contributed by atoms with E-state index < -0.39 is 21.7 Å². The largest absolute Gasteiger partial charge is 0.377 e. The van der Waals surface area contributed by atoms with Crippen molar-refractivity contribution in [3.63, 3.8) is 0 Å². The summed E-state index contributed by atoms with van der Waals surface area (Å²) in [6.45, 7) is 0.981. The van der Waals surface area contributed by atoms with Crippen molar-refractivity contribution in [3.05, 3.63) is 71.7 Å². The van der Waals surface area contributed by atoms with Crippen LogP contribution in [0.25, 0.3) is 0 Å². The molecule has 1 heterocycles. The standard InChI is InChI=1S/C18H17FN2O4S/c19-15-4-6-16(7-5-15)21-18(22)14-2-1-3-17(10-14)26(23,24)20-11-13-8-9-25-12-13/h1-7,10-11,20H,8-9,12H2,(H,21,22)/b13-11+. The van der Waals surface area contributed by atoms with Crippen molar-refractivity contribution in [2.45, 2.75) is 11.3 Å². The Morgan fingerprint density at radius 3 is 2.62 bits per heavy atom. The van der Waals surface area contributed by atoms with Crippen molar-refractivity contribution in [1.29, 1.82) is 0 Å². The number of rotatable bonds is 5. The van der Waals surface area contributed by atoms with E-state index in [1.165, 1.54) is 54.7 Å². The number of halogens is 1. The number of sulfonamides is 1. The van der Waals surface area contributed by atoms with E-state index in [9.17, 15) is 17.6 Å². The van der Waals surface area contributed by atoms with Gasteiger partial charge in [-0.1, -0.05) is 6.07 Å². The minimum Gasteiger partial charge on any atom is -0.377 e. The third-order valence-corrected chi connectivity index (χ3v) is 5.08. The van der Waals surface area contributed by atoms with E-state index >= 15 is 0 Å². The quantitative estimate of drug-likeness (QED) is 0.840. The Labute approximate surface area is 150 Å². The molecule has 1 aliphatic heterocycles. The highest BCUT2D eigenvalue weighted by Gasteiger charge is 2.16. The Bertz CT molecular complexity index is 932. The summed E-state index contributed by atoms with van der Waals surface area (Å²) in [6.07, 6.45) is 2.11. The molecule has 0 bridgehead atoms. The van der Waals surface area contributed by atoms with Crippen LogP contribution < -0.4 is 10.0 Å². The third-order valence-electron chi connectivity index (χ3n) is 3.78. The molecule has 0 spiro atoms. The van der Waals surface area contributed by atoms with Crippen LogP contribution >= 0.6 is 0 Å². The summed E-state index contributed by atoms with van der Waals surface area (Å²) in [5.74, 6) is -0.903. The smallest absolute Gasteiger partial charge is 0.261 e. The van der Waals surface area contributed by atoms with Crippen molar-refractivity contribution in [3.8, 4) is 0 Å². The fraction of sp³-hybridized carbons (Fsp3) is 0.167. The average molecular weight is 376 g/mol. The van der Waals surface area contributed by atoms with E-state index in [0.717, 1.165) is 5.57 Å². The van der Waals surface area contributed by atoms with E-state index in [2.05, 4.69) is 10.0 Å². The van der Waals surface area contributed by atoms with Gasteiger partial charge in [-0.05, 0) is 54.5 Å². The number of amides is 1. The van der Waals surface area contributed by atoms with Crippen molar-refractivity contribution in [2.75, 3.05) is 18.5 Å². The van der Waals surface area contributed by atoms with Crippen molar-refractivity contribution >= 4 is 21.6 Å². The van der Waals surface area contributed by atoms with Gasteiger partial charge in [-0.2, -0.15) is 0 Å². The molecule has 0 saturated carbocycles. The number of carbonyl (C=O) groups excluding carboxylic acids is 1. The molecule has 0 radical (unpaired) electrons. The van der Waals surface area contributed by atoms with Gasteiger partial charge in [0.1, 0.15) is 5.82 Å². The topological polar surface area (TPSA) is 84.5 Å². The second-order valence-electron chi connectivity index (χ2n) is 5.72. The number of hydrogen-bond donors (Lipinski definition) is 2. The van der Waals surface area contributed by atoms with Crippen LogP contribution in [0.3, 0.4) is 0 Å². The van der Waals surface area contributed by atoms with Crippen molar-refractivity contribution in [1.82, 2.24) is 4.72 Å². The minimum atomic E-state index is -3.79. The van der Waals surface area contributed by atoms with Crippen LogP contribution in [0.1, 0.15) is 16.8 Å². The van der Waals surface area contributed by atoms with Crippen LogP contribution in [-0.4, -0.2) is 27.5 Å². The molecule has 6 nitrogen and oxygen atoms in total. The maximum atomic E-state index is 12.9. The van der Waals surface area contributed by atoms with Gasteiger partial charge < -0.3 is 10.1 Å². The van der Waals surface area contributed by atoms with Crippen LogP contribution in [0.2, 0.25) is 0 Å². The summed E-state index contributed by atoms with van der Waals surface area (Å²) in [7, 11) is -3.79. The molecule has 0 atom stereocenters. The molecule has 0 aromatic heterocycles. The number of benzene rings is 2. The molecule has 1 fully saturated rings. The van der Waals surface area contributed by atoms with Gasteiger partial charge in [0, 0.05) is 17.5 Å². The van der Waals surface area contributed by atoms with Crippen LogP contribution in [-0.2, 0) is 14.8 Å². The zero-order valence-electron chi connectivity index (χ0n) is 13.7. The van der Waals surface area contributed by atoms with Crippen LogP contribution in [0.4, 0.5) is 10.1 Å². The molecule has 136 valence electrons. The van der Waals surface area contributed by atoms with Gasteiger partial charge in [-0.25, -0.2) is 12.8 Å². The molecule has 3 rings (SSSR count). The summed E-state index contributed by atoms with van der Waals surface area (Å²) in [6, 6.07) is 11.0. The lowest BCUT2D eigenvalue weighted by molar-refractivity contribution is 0.102. The maximum Gasteiger partial charge on any atom is 0.261 e. The predicted molar refractivity (Wildman–Crippen MR) is 94.6 cm³/mol. The fourth-order valence-corrected chi connectivity index (χ4v) is 3.36. The van der Waals surface area contributed by atoms with E-state index in [0.29, 0.717) is 25.3 Å². The maximum absolute atomic E-state index is 12.9. The molecule has 1 saturated heterocycles. The van der Waals surface area contributed by atoms with Crippen molar-refractivity contribution in [2.24, 2.45) is 0 Å². The van der Waals surface area contributed by atoms with E-state index in [1.807, 2.05) is 0 Å². The molecule has 26 heavy (non-hydrogen) atoms. The van der Waals surface area contributed by atoms with Gasteiger partial charge in [0.05, 0.1) is 18.1 Å². The molecule has 0 unspecified atom stereocenters. The molecular weight excluding hydrogens is 359 g/mol. The lowest BCUT2D eigenvalue weighted by Gasteiger charge is -2.08. The molecule has 1 aliphatic rings. The lowest BCUT2D eigenvalue weighted by Crippen LogP contribution is -2.20. The number of ether oxygens (including phenoxy) is 1. The van der Waals surface area contributed by atoms with Crippen LogP contribution in [0.15, 0.2) is 65.2 Å². The minimum absolute atomic E-state index is 0.0278. The Balaban J connectivity index is 1.75. The predicted octanol–water partition coefficient (Wildman–Crippen LogP) is 2.66. The van der Waals surface area contributed by atoms with E-state index in [-0.39, 0.29) is 10.5 Å². The van der Waals surface area contributed by atoms with Gasteiger partial charge >= 0.3 is 0 Å². The van der Waals surface area contributed by atoms with Gasteiger partial charge in [-0.3, -0.25) is 9.52 Å². The molecular formula is C18H17FN2O4S. The summed E-state index contributed by atoms with van der Waals surface area (Å²) in [5.41, 5.74) is 1.45. The number of nitrogens with one attached hydrogen (secondary N) is 2. The molecule has 8 heteroatoms. The van der Waals surface area contributed by atoms with E-state index in [1.54, 1.807) is 0 Å². The summed E-state index contributed by atoms with van der Waals surface area (Å²) in [4.78, 5) is 12.3. The van der Waals surface area contributed by atoms with Crippen LogP contribution in [0.5, 0.6) is 0 Å². The van der Waals surface area contributed by atoms with Crippen molar-refractivity contribution < 1.29 is 22.3 Å². The molecule has 2 N–H and O–H groups in total. The Hall–Kier alpha value is -2.71. The van der Waals surface area contributed by atoms with Crippen LogP contribution in [0, 0.1) is 5.82 Å². The summed E-state index contributed by atoms with van der Waals surface area (Å²) < 4.78 is 45.3. The van der Waals surface area contributed by atoms with E-state index in [4.69, 9.17) is 4.74 Å². The Kier molecular flexibility index (Phi) is 5.34. The highest BCUT2D eigenvalue weighted by Crippen LogP contribution is 2.16. The number of anilines is 1. The Morgan fingerprint density at radius 1 is 1.15 bits per heavy atom. The first-order valence-electron chi connectivity index (χ1n) is 7.89. The first-order chi connectivity index (χ1) is 12.4.